The number of carbonyl (C=O) groups excluding carboxylic acids is 1. The van der Waals surface area contributed by atoms with E-state index in [0.717, 1.165) is 42.6 Å². The third-order valence-corrected chi connectivity index (χ3v) is 8.66. The Morgan fingerprint density at radius 3 is 2.71 bits per heavy atom. The maximum Gasteiger partial charge on any atom is 0.155 e. The van der Waals surface area contributed by atoms with Crippen molar-refractivity contribution < 1.29 is 9.90 Å². The second-order valence-electron chi connectivity index (χ2n) is 9.46. The minimum Gasteiger partial charge on any atom is -0.392 e. The van der Waals surface area contributed by atoms with Gasteiger partial charge in [-0.2, -0.15) is 0 Å². The van der Waals surface area contributed by atoms with Crippen LogP contribution in [0.3, 0.4) is 0 Å². The summed E-state index contributed by atoms with van der Waals surface area (Å²) in [4.78, 5) is 11.9. The molecule has 0 aromatic carbocycles. The van der Waals surface area contributed by atoms with Crippen molar-refractivity contribution in [2.24, 2.45) is 34.5 Å². The molecule has 0 aliphatic heterocycles. The van der Waals surface area contributed by atoms with Crippen LogP contribution in [-0.4, -0.2) is 17.5 Å². The van der Waals surface area contributed by atoms with Gasteiger partial charge in [0.05, 0.1) is 6.61 Å². The molecule has 4 aliphatic rings. The number of aliphatic hydroxyl groups is 1. The van der Waals surface area contributed by atoms with Gasteiger partial charge >= 0.3 is 0 Å². The molecular weight excluding hydrogens is 296 g/mol. The smallest absolute Gasteiger partial charge is 0.155 e. The van der Waals surface area contributed by atoms with Crippen LogP contribution in [0.4, 0.5) is 0 Å². The fourth-order valence-corrected chi connectivity index (χ4v) is 7.34. The average Bonchev–Trinajstić information content (AvgIpc) is 2.92. The van der Waals surface area contributed by atoms with Gasteiger partial charge in [-0.15, -0.1) is 0 Å². The number of allylic oxidation sites excluding steroid dienone is 1. The summed E-state index contributed by atoms with van der Waals surface area (Å²) >= 11 is 0. The molecule has 2 heteroatoms. The normalized spacial score (nSPS) is 47.5. The third-order valence-electron chi connectivity index (χ3n) is 8.66. The molecule has 0 unspecified atom stereocenters. The standard InChI is InChI=1S/C22H32O2/c1-14(13-23)18-6-7-19-17-5-4-15-12-16(24)8-10-21(15,2)20(17)9-11-22(18,19)3/h12,17-20,23H,1,4-11,13H2,2-3H3/t17-,18+,19-,20-,21-,22+/m0/s1. The van der Waals surface area contributed by atoms with E-state index < -0.39 is 0 Å². The summed E-state index contributed by atoms with van der Waals surface area (Å²) < 4.78 is 0. The van der Waals surface area contributed by atoms with Crippen molar-refractivity contribution in [3.05, 3.63) is 23.8 Å². The monoisotopic (exact) mass is 328 g/mol. The molecule has 2 nitrogen and oxygen atoms in total. The van der Waals surface area contributed by atoms with Gasteiger partial charge in [-0.05, 0) is 91.1 Å². The van der Waals surface area contributed by atoms with Gasteiger partial charge in [0.25, 0.3) is 0 Å². The lowest BCUT2D eigenvalue weighted by Gasteiger charge is -2.58. The summed E-state index contributed by atoms with van der Waals surface area (Å²) in [5.41, 5.74) is 3.12. The van der Waals surface area contributed by atoms with Crippen molar-refractivity contribution in [3.8, 4) is 0 Å². The molecule has 3 fully saturated rings. The molecular formula is C22H32O2. The Bertz CT molecular complexity index is 603. The Morgan fingerprint density at radius 1 is 1.17 bits per heavy atom. The average molecular weight is 328 g/mol. The lowest BCUT2D eigenvalue weighted by atomic mass is 9.46. The van der Waals surface area contributed by atoms with Crippen LogP contribution in [-0.2, 0) is 4.79 Å². The van der Waals surface area contributed by atoms with Crippen molar-refractivity contribution >= 4 is 5.78 Å². The quantitative estimate of drug-likeness (QED) is 0.747. The maximum absolute atomic E-state index is 11.9. The van der Waals surface area contributed by atoms with E-state index in [-0.39, 0.29) is 12.0 Å². The second-order valence-corrected chi connectivity index (χ2v) is 9.46. The van der Waals surface area contributed by atoms with Crippen LogP contribution in [0.15, 0.2) is 23.8 Å². The van der Waals surface area contributed by atoms with Crippen molar-refractivity contribution in [1.82, 2.24) is 0 Å². The minimum absolute atomic E-state index is 0.147. The molecule has 0 heterocycles. The summed E-state index contributed by atoms with van der Waals surface area (Å²) in [6.07, 6.45) is 11.3. The Kier molecular flexibility index (Phi) is 3.84. The van der Waals surface area contributed by atoms with Gasteiger partial charge in [-0.3, -0.25) is 4.79 Å². The first-order chi connectivity index (χ1) is 11.4. The molecule has 0 amide bonds. The highest BCUT2D eigenvalue weighted by atomic mass is 16.3. The number of fused-ring (bicyclic) bond motifs is 5. The Hall–Kier alpha value is -0.890. The van der Waals surface area contributed by atoms with Gasteiger partial charge in [-0.25, -0.2) is 0 Å². The summed E-state index contributed by atoms with van der Waals surface area (Å²) in [7, 11) is 0. The fourth-order valence-electron chi connectivity index (χ4n) is 7.34. The first kappa shape index (κ1) is 16.6. The number of carbonyl (C=O) groups is 1. The van der Waals surface area contributed by atoms with Crippen LogP contribution in [0, 0.1) is 34.5 Å². The lowest BCUT2D eigenvalue weighted by Crippen LogP contribution is -2.50. The van der Waals surface area contributed by atoms with Crippen LogP contribution in [0.25, 0.3) is 0 Å². The van der Waals surface area contributed by atoms with Crippen LogP contribution < -0.4 is 0 Å². The largest absolute Gasteiger partial charge is 0.392 e. The Labute approximate surface area is 146 Å². The zero-order valence-corrected chi connectivity index (χ0v) is 15.3. The SMILES string of the molecule is C=C(CO)[C@H]1CC[C@H]2[C@@H]3CCC4=CC(=O)CC[C@]4(C)[C@H]3CC[C@]12C. The van der Waals surface area contributed by atoms with Gasteiger partial charge in [0.2, 0.25) is 0 Å². The molecule has 0 aromatic rings. The van der Waals surface area contributed by atoms with Gasteiger partial charge < -0.3 is 5.11 Å². The van der Waals surface area contributed by atoms with Gasteiger partial charge in [0.15, 0.2) is 5.78 Å². The number of ketones is 1. The summed E-state index contributed by atoms with van der Waals surface area (Å²) in [6, 6.07) is 0. The zero-order valence-electron chi connectivity index (χ0n) is 15.3. The first-order valence-corrected chi connectivity index (χ1v) is 9.92. The highest BCUT2D eigenvalue weighted by Crippen LogP contribution is 2.67. The van der Waals surface area contributed by atoms with E-state index in [4.69, 9.17) is 0 Å². The zero-order chi connectivity index (χ0) is 17.1. The van der Waals surface area contributed by atoms with Crippen molar-refractivity contribution in [2.75, 3.05) is 6.61 Å². The molecule has 24 heavy (non-hydrogen) atoms. The van der Waals surface area contributed by atoms with E-state index in [1.807, 2.05) is 6.08 Å². The van der Waals surface area contributed by atoms with Crippen molar-refractivity contribution in [1.29, 1.82) is 0 Å². The topological polar surface area (TPSA) is 37.3 Å². The molecule has 4 rings (SSSR count). The highest BCUT2D eigenvalue weighted by Gasteiger charge is 2.59. The number of aliphatic hydroxyl groups excluding tert-OH is 1. The van der Waals surface area contributed by atoms with E-state index in [0.29, 0.717) is 17.1 Å². The number of hydrogen-bond donors (Lipinski definition) is 1. The highest BCUT2D eigenvalue weighted by molar-refractivity contribution is 5.91. The third kappa shape index (κ3) is 2.14. The molecule has 1 N–H and O–H groups in total. The fraction of sp³-hybridized carbons (Fsp3) is 0.773. The molecule has 0 aromatic heterocycles. The predicted octanol–water partition coefficient (Wildman–Crippen LogP) is 4.68. The molecule has 3 saturated carbocycles. The summed E-state index contributed by atoms with van der Waals surface area (Å²) in [5.74, 6) is 3.19. The van der Waals surface area contributed by atoms with Gasteiger partial charge in [-0.1, -0.05) is 26.0 Å². The molecule has 132 valence electrons. The molecule has 0 radical (unpaired) electrons. The molecule has 0 spiro atoms. The first-order valence-electron chi connectivity index (χ1n) is 9.92. The summed E-state index contributed by atoms with van der Waals surface area (Å²) in [6.45, 7) is 9.26. The molecule has 0 saturated heterocycles. The van der Waals surface area contributed by atoms with E-state index in [1.165, 1.54) is 37.7 Å². The van der Waals surface area contributed by atoms with Crippen LogP contribution in [0.5, 0.6) is 0 Å². The Morgan fingerprint density at radius 2 is 1.96 bits per heavy atom. The lowest BCUT2D eigenvalue weighted by molar-refractivity contribution is -0.117. The van der Waals surface area contributed by atoms with Crippen LogP contribution in [0.1, 0.15) is 65.2 Å². The van der Waals surface area contributed by atoms with Crippen molar-refractivity contribution in [2.45, 2.75) is 65.2 Å². The van der Waals surface area contributed by atoms with E-state index in [9.17, 15) is 9.90 Å². The van der Waals surface area contributed by atoms with Crippen molar-refractivity contribution in [3.63, 3.8) is 0 Å². The van der Waals surface area contributed by atoms with E-state index in [2.05, 4.69) is 20.4 Å². The van der Waals surface area contributed by atoms with Gasteiger partial charge in [0, 0.05) is 6.42 Å². The Balaban J connectivity index is 1.65. The predicted molar refractivity (Wildman–Crippen MR) is 96.4 cm³/mol. The molecule has 6 atom stereocenters. The maximum atomic E-state index is 11.9. The van der Waals surface area contributed by atoms with Crippen LogP contribution >= 0.6 is 0 Å². The number of hydrogen-bond acceptors (Lipinski definition) is 2. The summed E-state index contributed by atoms with van der Waals surface area (Å²) in [5, 5.41) is 9.61. The van der Waals surface area contributed by atoms with E-state index >= 15 is 0 Å². The molecule has 4 aliphatic carbocycles. The second kappa shape index (κ2) is 5.56. The van der Waals surface area contributed by atoms with Crippen LogP contribution in [0.2, 0.25) is 0 Å². The minimum atomic E-state index is 0.147. The van der Waals surface area contributed by atoms with Gasteiger partial charge in [0.1, 0.15) is 0 Å². The molecule has 0 bridgehead atoms. The van der Waals surface area contributed by atoms with E-state index in [1.54, 1.807) is 0 Å². The number of rotatable bonds is 2.